The van der Waals surface area contributed by atoms with E-state index in [0.29, 0.717) is 0 Å². The van der Waals surface area contributed by atoms with Crippen molar-refractivity contribution in [3.05, 3.63) is 28.8 Å². The Morgan fingerprint density at radius 3 is 2.36 bits per heavy atom. The fourth-order valence-corrected chi connectivity index (χ4v) is 3.52. The average molecular weight is 347 g/mol. The van der Waals surface area contributed by atoms with E-state index in [9.17, 15) is 0 Å². The van der Waals surface area contributed by atoms with Crippen LogP contribution in [-0.2, 0) is 11.8 Å². The van der Waals surface area contributed by atoms with Gasteiger partial charge in [-0.05, 0) is 56.3 Å². The molecule has 1 aliphatic rings. The van der Waals surface area contributed by atoms with Crippen molar-refractivity contribution in [1.29, 1.82) is 0 Å². The zero-order valence-corrected chi connectivity index (χ0v) is 17.3. The molecular formula is C22H38N2O. The first kappa shape index (κ1) is 20.3. The maximum Gasteiger partial charge on any atom is 0.125 e. The molecule has 1 fully saturated rings. The van der Waals surface area contributed by atoms with E-state index in [1.54, 1.807) is 0 Å². The fourth-order valence-electron chi connectivity index (χ4n) is 3.52. The molecule has 3 nitrogen and oxygen atoms in total. The Morgan fingerprint density at radius 1 is 1.08 bits per heavy atom. The summed E-state index contributed by atoms with van der Waals surface area (Å²) in [4.78, 5) is 5.03. The highest BCUT2D eigenvalue weighted by molar-refractivity contribution is 5.47. The lowest BCUT2D eigenvalue weighted by atomic mass is 9.83. The second-order valence-corrected chi connectivity index (χ2v) is 8.64. The van der Waals surface area contributed by atoms with Crippen LogP contribution in [0.5, 0.6) is 5.75 Å². The van der Waals surface area contributed by atoms with Gasteiger partial charge in [0.1, 0.15) is 5.75 Å². The van der Waals surface area contributed by atoms with Crippen molar-refractivity contribution in [2.75, 3.05) is 46.4 Å². The summed E-state index contributed by atoms with van der Waals surface area (Å²) in [5.41, 5.74) is 4.22. The van der Waals surface area contributed by atoms with Crippen molar-refractivity contribution in [1.82, 2.24) is 9.80 Å². The molecule has 3 heteroatoms. The number of ether oxygens (including phenoxy) is 1. The molecule has 1 aromatic rings. The van der Waals surface area contributed by atoms with Crippen LogP contribution in [0.1, 0.15) is 57.2 Å². The Kier molecular flexibility index (Phi) is 7.33. The SMILES string of the molecule is CCCOc1c(C)cc(CCCN2CCN(C)CC2)cc1C(C)(C)C. The van der Waals surface area contributed by atoms with Crippen LogP contribution in [0.15, 0.2) is 12.1 Å². The molecule has 1 aromatic carbocycles. The monoisotopic (exact) mass is 346 g/mol. The van der Waals surface area contributed by atoms with Gasteiger partial charge < -0.3 is 14.5 Å². The van der Waals surface area contributed by atoms with E-state index < -0.39 is 0 Å². The number of benzene rings is 1. The van der Waals surface area contributed by atoms with Gasteiger partial charge in [0.15, 0.2) is 0 Å². The van der Waals surface area contributed by atoms with Crippen LogP contribution >= 0.6 is 0 Å². The van der Waals surface area contributed by atoms with E-state index in [2.05, 4.69) is 63.6 Å². The van der Waals surface area contributed by atoms with Crippen molar-refractivity contribution in [3.8, 4) is 5.75 Å². The van der Waals surface area contributed by atoms with Gasteiger partial charge in [-0.2, -0.15) is 0 Å². The molecule has 1 heterocycles. The van der Waals surface area contributed by atoms with Gasteiger partial charge in [0, 0.05) is 31.7 Å². The number of aryl methyl sites for hydroxylation is 2. The second kappa shape index (κ2) is 9.05. The van der Waals surface area contributed by atoms with Gasteiger partial charge in [-0.1, -0.05) is 39.8 Å². The molecule has 0 saturated carbocycles. The zero-order valence-electron chi connectivity index (χ0n) is 17.3. The minimum atomic E-state index is 0.112. The minimum absolute atomic E-state index is 0.112. The average Bonchev–Trinajstić information content (AvgIpc) is 2.54. The lowest BCUT2D eigenvalue weighted by Crippen LogP contribution is -2.44. The molecule has 0 unspecified atom stereocenters. The van der Waals surface area contributed by atoms with Gasteiger partial charge in [0.25, 0.3) is 0 Å². The molecule has 0 N–H and O–H groups in total. The lowest BCUT2D eigenvalue weighted by molar-refractivity contribution is 0.153. The number of nitrogens with zero attached hydrogens (tertiary/aromatic N) is 2. The number of likely N-dealkylation sites (N-methyl/N-ethyl adjacent to an activating group) is 1. The van der Waals surface area contributed by atoms with Gasteiger partial charge in [-0.3, -0.25) is 0 Å². The summed E-state index contributed by atoms with van der Waals surface area (Å²) in [7, 11) is 2.22. The molecule has 1 saturated heterocycles. The molecule has 0 amide bonds. The third kappa shape index (κ3) is 6.00. The number of hydrogen-bond donors (Lipinski definition) is 0. The van der Waals surface area contributed by atoms with Crippen molar-refractivity contribution in [3.63, 3.8) is 0 Å². The summed E-state index contributed by atoms with van der Waals surface area (Å²) >= 11 is 0. The van der Waals surface area contributed by atoms with Crippen LogP contribution in [-0.4, -0.2) is 56.2 Å². The highest BCUT2D eigenvalue weighted by Crippen LogP contribution is 2.35. The Balaban J connectivity index is 2.02. The largest absolute Gasteiger partial charge is 0.493 e. The van der Waals surface area contributed by atoms with Gasteiger partial charge >= 0.3 is 0 Å². The first-order valence-corrected chi connectivity index (χ1v) is 9.99. The van der Waals surface area contributed by atoms with Crippen LogP contribution in [0, 0.1) is 6.92 Å². The fraction of sp³-hybridized carbons (Fsp3) is 0.727. The standard InChI is InChI=1S/C22H38N2O/c1-7-15-25-21-18(2)16-19(17-20(21)22(3,4)5)9-8-10-24-13-11-23(6)12-14-24/h16-17H,7-15H2,1-6H3. The lowest BCUT2D eigenvalue weighted by Gasteiger charge is -2.32. The summed E-state index contributed by atoms with van der Waals surface area (Å²) in [6.45, 7) is 18.1. The number of piperazine rings is 1. The molecule has 1 aliphatic heterocycles. The zero-order chi connectivity index (χ0) is 18.4. The summed E-state index contributed by atoms with van der Waals surface area (Å²) in [6, 6.07) is 4.73. The molecule has 0 atom stereocenters. The van der Waals surface area contributed by atoms with Crippen molar-refractivity contribution in [2.45, 2.75) is 59.3 Å². The molecule has 0 aliphatic carbocycles. The van der Waals surface area contributed by atoms with Crippen LogP contribution < -0.4 is 4.74 Å². The third-order valence-electron chi connectivity index (χ3n) is 5.13. The van der Waals surface area contributed by atoms with Crippen LogP contribution in [0.25, 0.3) is 0 Å². The molecule has 0 spiro atoms. The van der Waals surface area contributed by atoms with E-state index in [4.69, 9.17) is 4.74 Å². The molecule has 142 valence electrons. The highest BCUT2D eigenvalue weighted by Gasteiger charge is 2.21. The van der Waals surface area contributed by atoms with Crippen molar-refractivity contribution in [2.24, 2.45) is 0 Å². The van der Waals surface area contributed by atoms with E-state index in [1.807, 2.05) is 0 Å². The maximum absolute atomic E-state index is 6.10. The third-order valence-corrected chi connectivity index (χ3v) is 5.13. The van der Waals surface area contributed by atoms with Gasteiger partial charge in [0.2, 0.25) is 0 Å². The molecule has 25 heavy (non-hydrogen) atoms. The molecular weight excluding hydrogens is 308 g/mol. The highest BCUT2D eigenvalue weighted by atomic mass is 16.5. The second-order valence-electron chi connectivity index (χ2n) is 8.64. The summed E-state index contributed by atoms with van der Waals surface area (Å²) in [5, 5.41) is 0. The smallest absolute Gasteiger partial charge is 0.125 e. The van der Waals surface area contributed by atoms with E-state index in [-0.39, 0.29) is 5.41 Å². The van der Waals surface area contributed by atoms with Crippen molar-refractivity contribution < 1.29 is 4.74 Å². The number of rotatable bonds is 7. The van der Waals surface area contributed by atoms with Crippen molar-refractivity contribution >= 4 is 0 Å². The Hall–Kier alpha value is -1.06. The van der Waals surface area contributed by atoms with E-state index in [1.165, 1.54) is 55.8 Å². The van der Waals surface area contributed by atoms with E-state index in [0.717, 1.165) is 25.2 Å². The van der Waals surface area contributed by atoms with E-state index >= 15 is 0 Å². The normalized spacial score (nSPS) is 17.0. The number of hydrogen-bond acceptors (Lipinski definition) is 3. The maximum atomic E-state index is 6.10. The first-order chi connectivity index (χ1) is 11.8. The van der Waals surface area contributed by atoms with Gasteiger partial charge in [0.05, 0.1) is 6.61 Å². The summed E-state index contributed by atoms with van der Waals surface area (Å²) in [6.07, 6.45) is 3.45. The molecule has 0 bridgehead atoms. The van der Waals surface area contributed by atoms with Crippen LogP contribution in [0.3, 0.4) is 0 Å². The quantitative estimate of drug-likeness (QED) is 0.733. The van der Waals surface area contributed by atoms with Gasteiger partial charge in [-0.25, -0.2) is 0 Å². The minimum Gasteiger partial charge on any atom is -0.493 e. The van der Waals surface area contributed by atoms with Crippen LogP contribution in [0.4, 0.5) is 0 Å². The molecule has 0 radical (unpaired) electrons. The predicted octanol–water partition coefficient (Wildman–Crippen LogP) is 4.26. The molecule has 0 aromatic heterocycles. The summed E-state index contributed by atoms with van der Waals surface area (Å²) < 4.78 is 6.10. The van der Waals surface area contributed by atoms with Crippen LogP contribution in [0.2, 0.25) is 0 Å². The Labute approximate surface area is 155 Å². The molecule has 2 rings (SSSR count). The predicted molar refractivity (Wildman–Crippen MR) is 108 cm³/mol. The topological polar surface area (TPSA) is 15.7 Å². The summed E-state index contributed by atoms with van der Waals surface area (Å²) in [5.74, 6) is 1.11. The Bertz CT molecular complexity index is 540. The van der Waals surface area contributed by atoms with Gasteiger partial charge in [-0.15, -0.1) is 0 Å². The first-order valence-electron chi connectivity index (χ1n) is 9.99. The Morgan fingerprint density at radius 2 is 1.76 bits per heavy atom.